The highest BCUT2D eigenvalue weighted by atomic mass is 19.1. The number of amides is 2. The van der Waals surface area contributed by atoms with Crippen LogP contribution in [0.5, 0.6) is 0 Å². The third-order valence-electron chi connectivity index (χ3n) is 3.95. The van der Waals surface area contributed by atoms with Crippen molar-refractivity contribution in [2.45, 2.75) is 31.8 Å². The van der Waals surface area contributed by atoms with Gasteiger partial charge in [0.25, 0.3) is 5.91 Å². The van der Waals surface area contributed by atoms with Crippen LogP contribution >= 0.6 is 0 Å². The Morgan fingerprint density at radius 1 is 1.16 bits per heavy atom. The molecule has 2 amide bonds. The van der Waals surface area contributed by atoms with Gasteiger partial charge in [-0.05, 0) is 37.1 Å². The van der Waals surface area contributed by atoms with Crippen molar-refractivity contribution < 1.29 is 23.1 Å². The van der Waals surface area contributed by atoms with Crippen LogP contribution in [-0.4, -0.2) is 24.5 Å². The van der Waals surface area contributed by atoms with E-state index >= 15 is 0 Å². The second-order valence-corrected chi connectivity index (χ2v) is 5.78. The van der Waals surface area contributed by atoms with Crippen molar-refractivity contribution in [1.82, 2.24) is 10.9 Å². The standard InChI is InChI=1S/C18H19FN2O4/c19-14-5-2-1-4-13(14)15-9-7-12(25-15)8-10-17(22)20-21-18(23)16-6-3-11-24-16/h1-2,4-5,7,9,16H,3,6,8,10-11H2,(H,20,22)(H,21,23)/t16-/m1/s1. The summed E-state index contributed by atoms with van der Waals surface area (Å²) in [5.74, 6) is -0.0575. The molecular weight excluding hydrogens is 327 g/mol. The van der Waals surface area contributed by atoms with E-state index in [-0.39, 0.29) is 24.1 Å². The number of furan rings is 1. The van der Waals surface area contributed by atoms with Gasteiger partial charge in [0.1, 0.15) is 23.4 Å². The predicted molar refractivity (Wildman–Crippen MR) is 87.7 cm³/mol. The highest BCUT2D eigenvalue weighted by molar-refractivity contribution is 5.84. The number of halogens is 1. The fourth-order valence-corrected chi connectivity index (χ4v) is 2.61. The molecule has 2 aromatic rings. The Morgan fingerprint density at radius 3 is 2.76 bits per heavy atom. The van der Waals surface area contributed by atoms with Crippen molar-refractivity contribution >= 4 is 11.8 Å². The Labute approximate surface area is 144 Å². The van der Waals surface area contributed by atoms with Crippen molar-refractivity contribution in [3.05, 3.63) is 48.0 Å². The van der Waals surface area contributed by atoms with E-state index in [1.165, 1.54) is 6.07 Å². The molecule has 1 aromatic heterocycles. The molecule has 6 nitrogen and oxygen atoms in total. The van der Waals surface area contributed by atoms with Crippen LogP contribution in [0, 0.1) is 5.82 Å². The average Bonchev–Trinajstić information content (AvgIpc) is 3.30. The maximum atomic E-state index is 13.7. The first-order chi connectivity index (χ1) is 12.1. The second kappa shape index (κ2) is 7.94. The summed E-state index contributed by atoms with van der Waals surface area (Å²) in [5.41, 5.74) is 5.09. The van der Waals surface area contributed by atoms with Crippen molar-refractivity contribution in [1.29, 1.82) is 0 Å². The lowest BCUT2D eigenvalue weighted by atomic mass is 10.1. The Kier molecular flexibility index (Phi) is 5.45. The lowest BCUT2D eigenvalue weighted by molar-refractivity contribution is -0.134. The number of nitrogens with one attached hydrogen (secondary N) is 2. The van der Waals surface area contributed by atoms with Crippen LogP contribution in [0.2, 0.25) is 0 Å². The maximum absolute atomic E-state index is 13.7. The fraction of sp³-hybridized carbons (Fsp3) is 0.333. The van der Waals surface area contributed by atoms with Gasteiger partial charge >= 0.3 is 0 Å². The van der Waals surface area contributed by atoms with E-state index in [9.17, 15) is 14.0 Å². The summed E-state index contributed by atoms with van der Waals surface area (Å²) in [4.78, 5) is 23.5. The largest absolute Gasteiger partial charge is 0.461 e. The van der Waals surface area contributed by atoms with Gasteiger partial charge in [-0.15, -0.1) is 0 Å². The van der Waals surface area contributed by atoms with Gasteiger partial charge in [0.15, 0.2) is 0 Å². The van der Waals surface area contributed by atoms with Crippen molar-refractivity contribution in [2.75, 3.05) is 6.61 Å². The molecule has 3 rings (SSSR count). The number of ether oxygens (including phenoxy) is 1. The molecule has 0 bridgehead atoms. The second-order valence-electron chi connectivity index (χ2n) is 5.78. The summed E-state index contributed by atoms with van der Waals surface area (Å²) in [6.45, 7) is 0.564. The van der Waals surface area contributed by atoms with E-state index in [0.29, 0.717) is 36.5 Å². The molecule has 1 saturated heterocycles. The van der Waals surface area contributed by atoms with Crippen LogP contribution in [-0.2, 0) is 20.7 Å². The molecular formula is C18H19FN2O4. The molecule has 0 saturated carbocycles. The molecule has 0 radical (unpaired) electrons. The summed E-state index contributed by atoms with van der Waals surface area (Å²) in [7, 11) is 0. The molecule has 1 aliphatic heterocycles. The van der Waals surface area contributed by atoms with E-state index in [4.69, 9.17) is 9.15 Å². The number of benzene rings is 1. The topological polar surface area (TPSA) is 80.6 Å². The van der Waals surface area contributed by atoms with Gasteiger partial charge in [0, 0.05) is 19.4 Å². The van der Waals surface area contributed by atoms with Gasteiger partial charge in [-0.2, -0.15) is 0 Å². The summed E-state index contributed by atoms with van der Waals surface area (Å²) < 4.78 is 24.5. The molecule has 0 spiro atoms. The molecule has 2 heterocycles. The molecule has 0 unspecified atom stereocenters. The number of carbonyl (C=O) groups excluding carboxylic acids is 2. The van der Waals surface area contributed by atoms with Crippen molar-refractivity contribution in [3.63, 3.8) is 0 Å². The van der Waals surface area contributed by atoms with Gasteiger partial charge in [-0.25, -0.2) is 4.39 Å². The maximum Gasteiger partial charge on any atom is 0.267 e. The number of hydrogen-bond donors (Lipinski definition) is 2. The molecule has 25 heavy (non-hydrogen) atoms. The third kappa shape index (κ3) is 4.45. The molecule has 7 heteroatoms. The number of hydrogen-bond acceptors (Lipinski definition) is 4. The summed E-state index contributed by atoms with van der Waals surface area (Å²) in [6.07, 6.45) is 1.49. The minimum atomic E-state index is -0.492. The normalized spacial score (nSPS) is 16.6. The van der Waals surface area contributed by atoms with Crippen molar-refractivity contribution in [3.8, 4) is 11.3 Å². The van der Waals surface area contributed by atoms with Gasteiger partial charge in [-0.3, -0.25) is 20.4 Å². The first-order valence-corrected chi connectivity index (χ1v) is 8.17. The SMILES string of the molecule is O=C(CCc1ccc(-c2ccccc2F)o1)NNC(=O)[C@H]1CCCO1. The quantitative estimate of drug-likeness (QED) is 0.815. The van der Waals surface area contributed by atoms with Crippen LogP contribution in [0.3, 0.4) is 0 Å². The number of hydrazine groups is 1. The lowest BCUT2D eigenvalue weighted by Crippen LogP contribution is -2.46. The van der Waals surface area contributed by atoms with Crippen LogP contribution in [0.4, 0.5) is 4.39 Å². The van der Waals surface area contributed by atoms with E-state index in [1.54, 1.807) is 30.3 Å². The Hall–Kier alpha value is -2.67. The van der Waals surface area contributed by atoms with Crippen LogP contribution < -0.4 is 10.9 Å². The van der Waals surface area contributed by atoms with Gasteiger partial charge in [-0.1, -0.05) is 12.1 Å². The van der Waals surface area contributed by atoms with Crippen LogP contribution in [0.1, 0.15) is 25.0 Å². The Bertz CT molecular complexity index is 753. The first-order valence-electron chi connectivity index (χ1n) is 8.17. The van der Waals surface area contributed by atoms with E-state index in [0.717, 1.165) is 6.42 Å². The average molecular weight is 346 g/mol. The molecule has 1 atom stereocenters. The first kappa shape index (κ1) is 17.2. The third-order valence-corrected chi connectivity index (χ3v) is 3.95. The monoisotopic (exact) mass is 346 g/mol. The predicted octanol–water partition coefficient (Wildman–Crippen LogP) is 2.34. The zero-order chi connectivity index (χ0) is 17.6. The zero-order valence-electron chi connectivity index (χ0n) is 13.6. The summed E-state index contributed by atoms with van der Waals surface area (Å²) in [6, 6.07) is 9.71. The Morgan fingerprint density at radius 2 is 2.00 bits per heavy atom. The molecule has 1 fully saturated rings. The smallest absolute Gasteiger partial charge is 0.267 e. The van der Waals surface area contributed by atoms with Crippen molar-refractivity contribution in [2.24, 2.45) is 0 Å². The number of carbonyl (C=O) groups is 2. The summed E-state index contributed by atoms with van der Waals surface area (Å²) >= 11 is 0. The molecule has 132 valence electrons. The molecule has 1 aliphatic rings. The van der Waals surface area contributed by atoms with E-state index in [1.807, 2.05) is 0 Å². The molecule has 1 aromatic carbocycles. The van der Waals surface area contributed by atoms with Gasteiger partial charge in [0.2, 0.25) is 5.91 Å². The minimum absolute atomic E-state index is 0.135. The van der Waals surface area contributed by atoms with Gasteiger partial charge in [0.05, 0.1) is 5.56 Å². The van der Waals surface area contributed by atoms with Crippen LogP contribution in [0.25, 0.3) is 11.3 Å². The zero-order valence-corrected chi connectivity index (χ0v) is 13.6. The fourth-order valence-electron chi connectivity index (χ4n) is 2.61. The Balaban J connectivity index is 1.46. The van der Waals surface area contributed by atoms with E-state index < -0.39 is 6.10 Å². The summed E-state index contributed by atoms with van der Waals surface area (Å²) in [5, 5.41) is 0. The lowest BCUT2D eigenvalue weighted by Gasteiger charge is -2.11. The van der Waals surface area contributed by atoms with Gasteiger partial charge < -0.3 is 9.15 Å². The number of aryl methyl sites for hydroxylation is 1. The highest BCUT2D eigenvalue weighted by Gasteiger charge is 2.23. The minimum Gasteiger partial charge on any atom is -0.461 e. The van der Waals surface area contributed by atoms with E-state index in [2.05, 4.69) is 10.9 Å². The van der Waals surface area contributed by atoms with Crippen LogP contribution in [0.15, 0.2) is 40.8 Å². The molecule has 0 aliphatic carbocycles. The number of rotatable bonds is 5. The molecule has 2 N–H and O–H groups in total. The highest BCUT2D eigenvalue weighted by Crippen LogP contribution is 2.25.